The van der Waals surface area contributed by atoms with Gasteiger partial charge in [0.25, 0.3) is 0 Å². The van der Waals surface area contributed by atoms with Crippen LogP contribution >= 0.6 is 23.2 Å². The van der Waals surface area contributed by atoms with Gasteiger partial charge < -0.3 is 0 Å². The van der Waals surface area contributed by atoms with E-state index in [0.29, 0.717) is 15.6 Å². The summed E-state index contributed by atoms with van der Waals surface area (Å²) in [6.45, 7) is 0. The van der Waals surface area contributed by atoms with E-state index in [4.69, 9.17) is 23.2 Å². The van der Waals surface area contributed by atoms with Gasteiger partial charge in [-0.1, -0.05) is 193 Å². The number of carbonyl (C=O) groups excluding carboxylic acids is 2. The molecule has 0 radical (unpaired) electrons. The Bertz CT molecular complexity index is 2520. The minimum absolute atomic E-state index is 0.0370. The summed E-state index contributed by atoms with van der Waals surface area (Å²) < 4.78 is 0. The van der Waals surface area contributed by atoms with Gasteiger partial charge in [0.05, 0.1) is 17.3 Å². The van der Waals surface area contributed by atoms with E-state index in [2.05, 4.69) is 36.4 Å². The van der Waals surface area contributed by atoms with Crippen LogP contribution in [0.15, 0.2) is 193 Å². The van der Waals surface area contributed by atoms with Crippen LogP contribution in [-0.4, -0.2) is 11.6 Å². The molecule has 3 aliphatic rings. The van der Waals surface area contributed by atoms with Crippen molar-refractivity contribution in [2.24, 2.45) is 11.8 Å². The summed E-state index contributed by atoms with van der Waals surface area (Å²) in [5.41, 5.74) is 6.36. The Morgan fingerprint density at radius 2 is 0.907 bits per heavy atom. The molecule has 54 heavy (non-hydrogen) atoms. The molecular formula is C50H34Cl2O2. The molecule has 0 aliphatic heterocycles. The molecule has 1 fully saturated rings. The van der Waals surface area contributed by atoms with Crippen molar-refractivity contribution in [1.29, 1.82) is 0 Å². The smallest absolute Gasteiger partial charge is 0.169 e. The lowest BCUT2D eigenvalue weighted by molar-refractivity contribution is -0.125. The molecule has 1 saturated carbocycles. The van der Waals surface area contributed by atoms with Crippen LogP contribution in [0.1, 0.15) is 33.4 Å². The molecule has 6 aromatic carbocycles. The van der Waals surface area contributed by atoms with Crippen LogP contribution in [0.25, 0.3) is 23.3 Å². The van der Waals surface area contributed by atoms with E-state index in [-0.39, 0.29) is 11.6 Å². The highest BCUT2D eigenvalue weighted by atomic mass is 35.5. The average molecular weight is 738 g/mol. The maximum absolute atomic E-state index is 16.1. The lowest BCUT2D eigenvalue weighted by Gasteiger charge is -2.45. The van der Waals surface area contributed by atoms with Gasteiger partial charge in [0.1, 0.15) is 0 Å². The monoisotopic (exact) mass is 736 g/mol. The van der Waals surface area contributed by atoms with Crippen molar-refractivity contribution in [3.63, 3.8) is 0 Å². The van der Waals surface area contributed by atoms with Gasteiger partial charge >= 0.3 is 0 Å². The first kappa shape index (κ1) is 34.0. The summed E-state index contributed by atoms with van der Waals surface area (Å²) in [6, 6.07) is 55.7. The van der Waals surface area contributed by atoms with E-state index < -0.39 is 22.7 Å². The van der Waals surface area contributed by atoms with Crippen LogP contribution in [0.4, 0.5) is 0 Å². The zero-order chi connectivity index (χ0) is 36.9. The maximum Gasteiger partial charge on any atom is 0.169 e. The molecule has 0 unspecified atom stereocenters. The van der Waals surface area contributed by atoms with Crippen molar-refractivity contribution in [3.05, 3.63) is 237 Å². The summed E-state index contributed by atoms with van der Waals surface area (Å²) in [5.74, 6) is -1.46. The van der Waals surface area contributed by atoms with Crippen molar-refractivity contribution < 1.29 is 9.59 Å². The Morgan fingerprint density at radius 1 is 0.463 bits per heavy atom. The molecule has 0 amide bonds. The Balaban J connectivity index is 1.42. The third-order valence-corrected chi connectivity index (χ3v) is 12.0. The summed E-state index contributed by atoms with van der Waals surface area (Å²) in [7, 11) is 0. The third-order valence-electron chi connectivity index (χ3n) is 11.5. The normalized spacial score (nSPS) is 23.3. The molecule has 0 N–H and O–H groups in total. The van der Waals surface area contributed by atoms with E-state index in [1.807, 2.05) is 158 Å². The Morgan fingerprint density at radius 3 is 1.43 bits per heavy atom. The predicted molar refractivity (Wildman–Crippen MR) is 221 cm³/mol. The fourth-order valence-electron chi connectivity index (χ4n) is 9.46. The van der Waals surface area contributed by atoms with E-state index in [9.17, 15) is 0 Å². The molecule has 9 rings (SSSR count). The number of halogens is 2. The highest BCUT2D eigenvalue weighted by molar-refractivity contribution is 6.34. The van der Waals surface area contributed by atoms with Crippen LogP contribution in [0.3, 0.4) is 0 Å². The summed E-state index contributed by atoms with van der Waals surface area (Å²) in [5, 5.41) is 1.30. The Kier molecular flexibility index (Phi) is 8.54. The van der Waals surface area contributed by atoms with Gasteiger partial charge in [0.15, 0.2) is 11.6 Å². The fraction of sp³-hybridized carbons (Fsp3) is 0.0800. The number of allylic oxidation sites excluding steroid dienone is 6. The molecule has 0 aromatic heterocycles. The van der Waals surface area contributed by atoms with Crippen LogP contribution in [0, 0.1) is 11.8 Å². The van der Waals surface area contributed by atoms with E-state index >= 15 is 9.59 Å². The summed E-state index contributed by atoms with van der Waals surface area (Å²) in [4.78, 5) is 32.0. The number of carbonyl (C=O) groups is 2. The zero-order valence-corrected chi connectivity index (χ0v) is 30.7. The molecule has 4 heteroatoms. The van der Waals surface area contributed by atoms with Crippen molar-refractivity contribution in [1.82, 2.24) is 0 Å². The lowest BCUT2D eigenvalue weighted by atomic mass is 9.54. The van der Waals surface area contributed by atoms with Crippen molar-refractivity contribution in [2.75, 3.05) is 0 Å². The molecule has 0 spiro atoms. The number of rotatable bonds is 8. The lowest BCUT2D eigenvalue weighted by Crippen LogP contribution is -2.48. The van der Waals surface area contributed by atoms with E-state index in [1.165, 1.54) is 0 Å². The van der Waals surface area contributed by atoms with Crippen LogP contribution in [-0.2, 0) is 20.4 Å². The number of Topliss-reactive ketones (excluding diaryl/α,β-unsaturated/α-hetero) is 2. The van der Waals surface area contributed by atoms with E-state index in [1.54, 1.807) is 0 Å². The van der Waals surface area contributed by atoms with Gasteiger partial charge in [-0.25, -0.2) is 0 Å². The Hall–Kier alpha value is -5.80. The third kappa shape index (κ3) is 5.09. The number of ketones is 2. The van der Waals surface area contributed by atoms with Crippen LogP contribution in [0.5, 0.6) is 0 Å². The molecule has 260 valence electrons. The number of hydrogen-bond acceptors (Lipinski definition) is 2. The van der Waals surface area contributed by atoms with Crippen LogP contribution < -0.4 is 0 Å². The molecule has 4 atom stereocenters. The zero-order valence-electron chi connectivity index (χ0n) is 29.2. The minimum Gasteiger partial charge on any atom is -0.298 e. The van der Waals surface area contributed by atoms with Gasteiger partial charge in [0, 0.05) is 21.0 Å². The first-order valence-electron chi connectivity index (χ1n) is 18.1. The SMILES string of the molecule is O=C1C(c2ccccc2)=C(/C=C/c2ccc(Cl)cc2)[C@]2(c3ccccc3)[C@H]3C(=O)[C@](c4ccccc4)(C(/C=C/c4ccc(Cl)cc4)=C3c3ccccc3)[C@H]12. The van der Waals surface area contributed by atoms with Crippen LogP contribution in [0.2, 0.25) is 10.0 Å². The quantitative estimate of drug-likeness (QED) is 0.156. The molecule has 2 nitrogen and oxygen atoms in total. The summed E-state index contributed by atoms with van der Waals surface area (Å²) >= 11 is 12.6. The van der Waals surface area contributed by atoms with E-state index in [0.717, 1.165) is 50.1 Å². The first-order chi connectivity index (χ1) is 26.5. The standard InChI is InChI=1S/C50H34Cl2O2/c51-39-27-21-33(22-28-39)25-31-41-43(35-13-5-1-6-14-35)45-48(54)50(41,38-19-11-4-12-20-38)47-46(53)44(36-15-7-2-8-16-36)42(32-26-34-23-29-40(52)30-24-34)49(45,47)37-17-9-3-10-18-37/h1-32,45,47H/b31-25+,32-26+/t45-,47-,49-,50-/m1/s1. The maximum atomic E-state index is 16.1. The highest BCUT2D eigenvalue weighted by Gasteiger charge is 2.79. The molecular weight excluding hydrogens is 703 g/mol. The predicted octanol–water partition coefficient (Wildman–Crippen LogP) is 11.9. The second kappa shape index (κ2) is 13.6. The number of fused-ring (bicyclic) bond motifs is 5. The topological polar surface area (TPSA) is 34.1 Å². The van der Waals surface area contributed by atoms with Gasteiger partial charge in [-0.2, -0.15) is 0 Å². The summed E-state index contributed by atoms with van der Waals surface area (Å²) in [6.07, 6.45) is 8.27. The molecule has 6 aromatic rings. The van der Waals surface area contributed by atoms with Crippen molar-refractivity contribution >= 4 is 58.1 Å². The molecule has 3 aliphatic carbocycles. The van der Waals surface area contributed by atoms with Gasteiger partial charge in [0.2, 0.25) is 0 Å². The number of hydrogen-bond donors (Lipinski definition) is 0. The van der Waals surface area contributed by atoms with Crippen molar-refractivity contribution in [2.45, 2.75) is 10.8 Å². The van der Waals surface area contributed by atoms with Gasteiger partial charge in [-0.3, -0.25) is 9.59 Å². The van der Waals surface area contributed by atoms with Crippen molar-refractivity contribution in [3.8, 4) is 0 Å². The van der Waals surface area contributed by atoms with Gasteiger partial charge in [-0.05, 0) is 74.4 Å². The Labute approximate surface area is 325 Å². The fourth-order valence-corrected chi connectivity index (χ4v) is 9.71. The first-order valence-corrected chi connectivity index (χ1v) is 18.9. The second-order valence-electron chi connectivity index (χ2n) is 14.1. The number of benzene rings is 6. The highest BCUT2D eigenvalue weighted by Crippen LogP contribution is 2.75. The minimum atomic E-state index is -1.30. The largest absolute Gasteiger partial charge is 0.298 e. The van der Waals surface area contributed by atoms with Gasteiger partial charge in [-0.15, -0.1) is 0 Å². The molecule has 0 saturated heterocycles. The molecule has 0 heterocycles. The second-order valence-corrected chi connectivity index (χ2v) is 15.0. The molecule has 2 bridgehead atoms. The average Bonchev–Trinajstić information content (AvgIpc) is 3.74.